The van der Waals surface area contributed by atoms with Crippen LogP contribution in [0.1, 0.15) is 31.2 Å². The second-order valence-electron chi connectivity index (χ2n) is 4.03. The SMILES string of the molecule is CC(C)N(CCC#N)C(=O)C(N)c1cccs1. The molecule has 0 bridgehead atoms. The topological polar surface area (TPSA) is 70.1 Å². The molecule has 1 heterocycles. The van der Waals surface area contributed by atoms with Gasteiger partial charge in [0.15, 0.2) is 0 Å². The van der Waals surface area contributed by atoms with Gasteiger partial charge in [-0.25, -0.2) is 0 Å². The Morgan fingerprint density at radius 3 is 2.82 bits per heavy atom. The first-order valence-electron chi connectivity index (χ1n) is 5.54. The average molecular weight is 251 g/mol. The minimum absolute atomic E-state index is 0.0573. The van der Waals surface area contributed by atoms with Gasteiger partial charge in [-0.2, -0.15) is 5.26 Å². The summed E-state index contributed by atoms with van der Waals surface area (Å²) in [6, 6.07) is 5.23. The first-order chi connectivity index (χ1) is 8.07. The zero-order valence-electron chi connectivity index (χ0n) is 10.1. The van der Waals surface area contributed by atoms with E-state index >= 15 is 0 Å². The molecule has 5 heteroatoms. The largest absolute Gasteiger partial charge is 0.338 e. The molecule has 1 rings (SSSR count). The van der Waals surface area contributed by atoms with Gasteiger partial charge >= 0.3 is 0 Å². The summed E-state index contributed by atoms with van der Waals surface area (Å²) in [5, 5.41) is 10.5. The third-order valence-electron chi connectivity index (χ3n) is 2.49. The molecule has 0 fully saturated rings. The maximum atomic E-state index is 12.2. The molecule has 0 aromatic carbocycles. The molecule has 1 amide bonds. The van der Waals surface area contributed by atoms with Crippen LogP contribution in [0.3, 0.4) is 0 Å². The number of nitriles is 1. The summed E-state index contributed by atoms with van der Waals surface area (Å²) in [4.78, 5) is 14.7. The molecule has 0 saturated carbocycles. The van der Waals surface area contributed by atoms with Gasteiger partial charge in [0.1, 0.15) is 6.04 Å². The summed E-state index contributed by atoms with van der Waals surface area (Å²) in [6.07, 6.45) is 0.334. The highest BCUT2D eigenvalue weighted by atomic mass is 32.1. The van der Waals surface area contributed by atoms with Crippen LogP contribution in [0.2, 0.25) is 0 Å². The van der Waals surface area contributed by atoms with E-state index in [0.717, 1.165) is 4.88 Å². The second-order valence-corrected chi connectivity index (χ2v) is 5.01. The Bertz CT molecular complexity index is 394. The molecule has 1 atom stereocenters. The molecule has 0 spiro atoms. The Morgan fingerprint density at radius 2 is 2.35 bits per heavy atom. The molecule has 0 aliphatic heterocycles. The average Bonchev–Trinajstić information content (AvgIpc) is 2.81. The number of nitrogens with zero attached hydrogens (tertiary/aromatic N) is 2. The summed E-state index contributed by atoms with van der Waals surface area (Å²) < 4.78 is 0. The van der Waals surface area contributed by atoms with Crippen molar-refractivity contribution in [3.8, 4) is 6.07 Å². The smallest absolute Gasteiger partial charge is 0.245 e. The van der Waals surface area contributed by atoms with Gasteiger partial charge in [-0.1, -0.05) is 6.07 Å². The van der Waals surface area contributed by atoms with Crippen molar-refractivity contribution in [3.63, 3.8) is 0 Å². The van der Waals surface area contributed by atoms with Crippen LogP contribution in [-0.4, -0.2) is 23.4 Å². The monoisotopic (exact) mass is 251 g/mol. The van der Waals surface area contributed by atoms with Crippen LogP contribution >= 0.6 is 11.3 Å². The van der Waals surface area contributed by atoms with Gasteiger partial charge in [0.2, 0.25) is 5.91 Å². The zero-order valence-corrected chi connectivity index (χ0v) is 10.9. The Labute approximate surface area is 106 Å². The molecule has 2 N–H and O–H groups in total. The van der Waals surface area contributed by atoms with E-state index in [9.17, 15) is 4.79 Å². The van der Waals surface area contributed by atoms with Crippen LogP contribution in [0, 0.1) is 11.3 Å². The quantitative estimate of drug-likeness (QED) is 0.868. The minimum atomic E-state index is -0.615. The van der Waals surface area contributed by atoms with Crippen molar-refractivity contribution in [2.45, 2.75) is 32.4 Å². The van der Waals surface area contributed by atoms with Crippen molar-refractivity contribution in [1.29, 1.82) is 5.26 Å². The van der Waals surface area contributed by atoms with Gasteiger partial charge < -0.3 is 10.6 Å². The van der Waals surface area contributed by atoms with Crippen molar-refractivity contribution in [3.05, 3.63) is 22.4 Å². The second kappa shape index (κ2) is 6.38. The molecule has 1 unspecified atom stereocenters. The van der Waals surface area contributed by atoms with E-state index in [0.29, 0.717) is 13.0 Å². The van der Waals surface area contributed by atoms with Crippen LogP contribution in [0.4, 0.5) is 0 Å². The van der Waals surface area contributed by atoms with E-state index in [1.165, 1.54) is 11.3 Å². The normalized spacial score (nSPS) is 12.2. The number of nitrogens with two attached hydrogens (primary N) is 1. The summed E-state index contributed by atoms with van der Waals surface area (Å²) in [6.45, 7) is 4.29. The van der Waals surface area contributed by atoms with Gasteiger partial charge in [0.25, 0.3) is 0 Å². The van der Waals surface area contributed by atoms with E-state index in [4.69, 9.17) is 11.0 Å². The van der Waals surface area contributed by atoms with Gasteiger partial charge in [-0.05, 0) is 25.3 Å². The maximum Gasteiger partial charge on any atom is 0.245 e. The Morgan fingerprint density at radius 1 is 1.65 bits per heavy atom. The first-order valence-corrected chi connectivity index (χ1v) is 6.42. The molecular weight excluding hydrogens is 234 g/mol. The van der Waals surface area contributed by atoms with Crippen molar-refractivity contribution in [2.75, 3.05) is 6.54 Å². The lowest BCUT2D eigenvalue weighted by Gasteiger charge is -2.28. The Balaban J connectivity index is 2.74. The van der Waals surface area contributed by atoms with Crippen LogP contribution in [0.25, 0.3) is 0 Å². The van der Waals surface area contributed by atoms with Gasteiger partial charge in [0.05, 0.1) is 12.5 Å². The van der Waals surface area contributed by atoms with Crippen molar-refractivity contribution in [2.24, 2.45) is 5.73 Å². The van der Waals surface area contributed by atoms with Crippen molar-refractivity contribution >= 4 is 17.2 Å². The Kier molecular flexibility index (Phi) is 5.13. The minimum Gasteiger partial charge on any atom is -0.338 e. The van der Waals surface area contributed by atoms with Crippen LogP contribution in [0.15, 0.2) is 17.5 Å². The summed E-state index contributed by atoms with van der Waals surface area (Å²) in [7, 11) is 0. The fourth-order valence-electron chi connectivity index (χ4n) is 1.56. The number of amides is 1. The molecule has 1 aromatic heterocycles. The number of hydrogen-bond donors (Lipinski definition) is 1. The molecule has 4 nitrogen and oxygen atoms in total. The number of carbonyl (C=O) groups is 1. The predicted molar refractivity (Wildman–Crippen MR) is 68.3 cm³/mol. The summed E-state index contributed by atoms with van der Waals surface area (Å²) in [5.41, 5.74) is 5.93. The number of carbonyl (C=O) groups excluding carboxylic acids is 1. The predicted octanol–water partition coefficient (Wildman–Crippen LogP) is 1.90. The molecule has 0 aliphatic rings. The molecule has 0 aliphatic carbocycles. The van der Waals surface area contributed by atoms with E-state index in [-0.39, 0.29) is 11.9 Å². The number of thiophene rings is 1. The molecule has 1 aromatic rings. The van der Waals surface area contributed by atoms with Crippen molar-refractivity contribution in [1.82, 2.24) is 4.90 Å². The zero-order chi connectivity index (χ0) is 12.8. The van der Waals surface area contributed by atoms with Crippen molar-refractivity contribution < 1.29 is 4.79 Å². The van der Waals surface area contributed by atoms with E-state index < -0.39 is 6.04 Å². The Hall–Kier alpha value is -1.38. The van der Waals surface area contributed by atoms with E-state index in [1.807, 2.05) is 37.4 Å². The lowest BCUT2D eigenvalue weighted by atomic mass is 10.2. The third kappa shape index (κ3) is 3.55. The lowest BCUT2D eigenvalue weighted by molar-refractivity contribution is -0.134. The fraction of sp³-hybridized carbons (Fsp3) is 0.500. The van der Waals surface area contributed by atoms with Crippen LogP contribution < -0.4 is 5.73 Å². The van der Waals surface area contributed by atoms with Crippen LogP contribution in [-0.2, 0) is 4.79 Å². The summed E-state index contributed by atoms with van der Waals surface area (Å²) in [5.74, 6) is -0.113. The van der Waals surface area contributed by atoms with Gasteiger partial charge in [-0.15, -0.1) is 11.3 Å². The molecule has 0 saturated heterocycles. The highest BCUT2D eigenvalue weighted by molar-refractivity contribution is 7.10. The number of hydrogen-bond acceptors (Lipinski definition) is 4. The molecule has 17 heavy (non-hydrogen) atoms. The maximum absolute atomic E-state index is 12.2. The first kappa shape index (κ1) is 13.7. The molecule has 92 valence electrons. The van der Waals surface area contributed by atoms with Gasteiger partial charge in [-0.3, -0.25) is 4.79 Å². The lowest BCUT2D eigenvalue weighted by Crippen LogP contribution is -2.42. The fourth-order valence-corrected chi connectivity index (χ4v) is 2.28. The van der Waals surface area contributed by atoms with E-state index in [2.05, 4.69) is 0 Å². The third-order valence-corrected chi connectivity index (χ3v) is 3.44. The standard InChI is InChI=1S/C12H17N3OS/c1-9(2)15(7-4-6-13)12(16)11(14)10-5-3-8-17-10/h3,5,8-9,11H,4,7,14H2,1-2H3. The molecule has 0 radical (unpaired) electrons. The van der Waals surface area contributed by atoms with E-state index in [1.54, 1.807) is 4.90 Å². The highest BCUT2D eigenvalue weighted by Gasteiger charge is 2.24. The molecular formula is C12H17N3OS. The highest BCUT2D eigenvalue weighted by Crippen LogP contribution is 2.19. The van der Waals surface area contributed by atoms with Gasteiger partial charge in [0, 0.05) is 17.5 Å². The number of rotatable bonds is 5. The summed E-state index contributed by atoms with van der Waals surface area (Å²) >= 11 is 1.47. The van der Waals surface area contributed by atoms with Crippen LogP contribution in [0.5, 0.6) is 0 Å².